The van der Waals surface area contributed by atoms with Crippen LogP contribution >= 0.6 is 0 Å². The van der Waals surface area contributed by atoms with Crippen molar-refractivity contribution in [2.75, 3.05) is 12.8 Å². The van der Waals surface area contributed by atoms with E-state index in [9.17, 15) is 0 Å². The van der Waals surface area contributed by atoms with Gasteiger partial charge in [0.15, 0.2) is 0 Å². The molecule has 0 aromatic carbocycles. The monoisotopic (exact) mass is 206 g/mol. The second-order valence-corrected chi connectivity index (χ2v) is 2.87. The molecular weight excluding hydrogens is 196 g/mol. The Kier molecular flexibility index (Phi) is 2.44. The first kappa shape index (κ1) is 9.38. The number of nitrogens with zero attached hydrogens (tertiary/aromatic N) is 5. The van der Waals surface area contributed by atoms with E-state index in [1.165, 1.54) is 0 Å². The topological polar surface area (TPSA) is 91.7 Å². The lowest BCUT2D eigenvalue weighted by Crippen LogP contribution is -2.04. The molecule has 2 heterocycles. The largest absolute Gasteiger partial charge is 0.480 e. The maximum atomic E-state index is 5.38. The number of nitrogen functional groups attached to an aromatic ring is 1. The first-order chi connectivity index (χ1) is 7.28. The lowest BCUT2D eigenvalue weighted by atomic mass is 10.4. The number of anilines is 1. The molecule has 0 amide bonds. The van der Waals surface area contributed by atoms with Gasteiger partial charge in [0.05, 0.1) is 19.3 Å². The zero-order valence-corrected chi connectivity index (χ0v) is 8.16. The average molecular weight is 206 g/mol. The molecular formula is C8H10N6O. The van der Waals surface area contributed by atoms with E-state index in [0.717, 1.165) is 5.69 Å². The molecule has 0 aliphatic carbocycles. The normalized spacial score (nSPS) is 10.2. The fourth-order valence-electron chi connectivity index (χ4n) is 1.09. The van der Waals surface area contributed by atoms with Gasteiger partial charge in [0.2, 0.25) is 11.8 Å². The Bertz CT molecular complexity index is 437. The van der Waals surface area contributed by atoms with Crippen LogP contribution in [0.5, 0.6) is 5.88 Å². The second-order valence-electron chi connectivity index (χ2n) is 2.87. The maximum absolute atomic E-state index is 5.38. The summed E-state index contributed by atoms with van der Waals surface area (Å²) in [5.74, 6) is 0.730. The molecule has 2 rings (SSSR count). The van der Waals surface area contributed by atoms with E-state index < -0.39 is 0 Å². The van der Waals surface area contributed by atoms with Crippen molar-refractivity contribution in [3.63, 3.8) is 0 Å². The van der Waals surface area contributed by atoms with Gasteiger partial charge in [-0.05, 0) is 6.07 Å². The average Bonchev–Trinajstić information content (AvgIpc) is 2.65. The van der Waals surface area contributed by atoms with E-state index in [-0.39, 0.29) is 5.95 Å². The van der Waals surface area contributed by atoms with Crippen LogP contribution < -0.4 is 10.5 Å². The van der Waals surface area contributed by atoms with Crippen LogP contribution in [0, 0.1) is 0 Å². The fourth-order valence-corrected chi connectivity index (χ4v) is 1.09. The molecule has 0 unspecified atom stereocenters. The standard InChI is InChI=1S/C8H10N6O/c1-15-7-3-2-6(11-12-7)4-14-5-10-8(9)13-14/h2-3,5H,4H2,1H3,(H2,9,13). The fraction of sp³-hybridized carbons (Fsp3) is 0.250. The van der Waals surface area contributed by atoms with Crippen LogP contribution in [0.3, 0.4) is 0 Å². The molecule has 0 saturated carbocycles. The molecule has 0 atom stereocenters. The third kappa shape index (κ3) is 2.19. The van der Waals surface area contributed by atoms with Gasteiger partial charge >= 0.3 is 0 Å². The van der Waals surface area contributed by atoms with E-state index in [2.05, 4.69) is 20.3 Å². The number of aromatic nitrogens is 5. The zero-order chi connectivity index (χ0) is 10.7. The van der Waals surface area contributed by atoms with Crippen LogP contribution in [0.1, 0.15) is 5.69 Å². The van der Waals surface area contributed by atoms with Crippen LogP contribution in [0.25, 0.3) is 0 Å². The molecule has 0 aliphatic heterocycles. The van der Waals surface area contributed by atoms with Crippen LogP contribution in [0.4, 0.5) is 5.95 Å². The summed E-state index contributed by atoms with van der Waals surface area (Å²) >= 11 is 0. The highest BCUT2D eigenvalue weighted by Crippen LogP contribution is 2.04. The van der Waals surface area contributed by atoms with Gasteiger partial charge in [-0.2, -0.15) is 0 Å². The molecule has 0 saturated heterocycles. The Morgan fingerprint density at radius 2 is 2.27 bits per heavy atom. The summed E-state index contributed by atoms with van der Waals surface area (Å²) in [6.07, 6.45) is 1.54. The van der Waals surface area contributed by atoms with Gasteiger partial charge < -0.3 is 10.5 Å². The summed E-state index contributed by atoms with van der Waals surface area (Å²) in [7, 11) is 1.54. The molecule has 78 valence electrons. The first-order valence-electron chi connectivity index (χ1n) is 4.29. The lowest BCUT2D eigenvalue weighted by Gasteiger charge is -2.00. The Labute approximate surface area is 85.9 Å². The maximum Gasteiger partial charge on any atom is 0.239 e. The van der Waals surface area contributed by atoms with E-state index in [4.69, 9.17) is 10.5 Å². The van der Waals surface area contributed by atoms with Crippen molar-refractivity contribution in [2.45, 2.75) is 6.54 Å². The number of hydrogen-bond donors (Lipinski definition) is 1. The molecule has 0 fully saturated rings. The van der Waals surface area contributed by atoms with E-state index in [1.54, 1.807) is 24.2 Å². The van der Waals surface area contributed by atoms with Gasteiger partial charge in [-0.3, -0.25) is 0 Å². The Morgan fingerprint density at radius 1 is 1.40 bits per heavy atom. The van der Waals surface area contributed by atoms with Gasteiger partial charge in [-0.1, -0.05) is 0 Å². The quantitative estimate of drug-likeness (QED) is 0.741. The molecule has 15 heavy (non-hydrogen) atoms. The third-order valence-corrected chi connectivity index (χ3v) is 1.78. The van der Waals surface area contributed by atoms with E-state index >= 15 is 0 Å². The van der Waals surface area contributed by atoms with Gasteiger partial charge in [-0.25, -0.2) is 9.67 Å². The summed E-state index contributed by atoms with van der Waals surface area (Å²) < 4.78 is 6.48. The molecule has 0 radical (unpaired) electrons. The predicted octanol–water partition coefficient (Wildman–Crippen LogP) is -0.293. The van der Waals surface area contributed by atoms with Crippen molar-refractivity contribution >= 4 is 5.95 Å². The van der Waals surface area contributed by atoms with Crippen LogP contribution in [-0.4, -0.2) is 32.1 Å². The minimum absolute atomic E-state index is 0.247. The third-order valence-electron chi connectivity index (χ3n) is 1.78. The smallest absolute Gasteiger partial charge is 0.239 e. The van der Waals surface area contributed by atoms with Crippen LogP contribution in [0.2, 0.25) is 0 Å². The van der Waals surface area contributed by atoms with E-state index in [0.29, 0.717) is 12.4 Å². The summed E-state index contributed by atoms with van der Waals surface area (Å²) in [6.45, 7) is 0.487. The predicted molar refractivity (Wildman–Crippen MR) is 52.1 cm³/mol. The molecule has 0 aliphatic rings. The Morgan fingerprint density at radius 3 is 2.80 bits per heavy atom. The highest BCUT2D eigenvalue weighted by molar-refractivity contribution is 5.13. The number of hydrogen-bond acceptors (Lipinski definition) is 6. The molecule has 0 bridgehead atoms. The number of nitrogens with two attached hydrogens (primary N) is 1. The molecule has 0 spiro atoms. The Hall–Kier alpha value is -2.18. The lowest BCUT2D eigenvalue weighted by molar-refractivity contribution is 0.390. The van der Waals surface area contributed by atoms with Gasteiger partial charge in [0.1, 0.15) is 6.33 Å². The molecule has 2 aromatic rings. The minimum Gasteiger partial charge on any atom is -0.480 e. The minimum atomic E-state index is 0.247. The molecule has 7 nitrogen and oxygen atoms in total. The van der Waals surface area contributed by atoms with Crippen molar-refractivity contribution in [1.29, 1.82) is 0 Å². The zero-order valence-electron chi connectivity index (χ0n) is 8.16. The SMILES string of the molecule is COc1ccc(Cn2cnc(N)n2)nn1. The van der Waals surface area contributed by atoms with E-state index in [1.807, 2.05) is 6.07 Å². The van der Waals surface area contributed by atoms with Crippen molar-refractivity contribution in [3.8, 4) is 5.88 Å². The highest BCUT2D eigenvalue weighted by Gasteiger charge is 2.00. The van der Waals surface area contributed by atoms with Gasteiger partial charge in [0.25, 0.3) is 0 Å². The summed E-state index contributed by atoms with van der Waals surface area (Å²) in [4.78, 5) is 3.80. The Balaban J connectivity index is 2.11. The van der Waals surface area contributed by atoms with Crippen molar-refractivity contribution in [1.82, 2.24) is 25.0 Å². The molecule has 2 aromatic heterocycles. The number of methoxy groups -OCH3 is 1. The summed E-state index contributed by atoms with van der Waals surface area (Å²) in [6, 6.07) is 3.55. The van der Waals surface area contributed by atoms with Crippen molar-refractivity contribution < 1.29 is 4.74 Å². The first-order valence-corrected chi connectivity index (χ1v) is 4.29. The van der Waals surface area contributed by atoms with Crippen LogP contribution in [0.15, 0.2) is 18.5 Å². The molecule has 2 N–H and O–H groups in total. The summed E-state index contributed by atoms with van der Waals surface area (Å²) in [5, 5.41) is 11.7. The summed E-state index contributed by atoms with van der Waals surface area (Å²) in [5.41, 5.74) is 6.14. The van der Waals surface area contributed by atoms with Gasteiger partial charge in [-0.15, -0.1) is 15.3 Å². The van der Waals surface area contributed by atoms with Crippen LogP contribution in [-0.2, 0) is 6.54 Å². The number of rotatable bonds is 3. The van der Waals surface area contributed by atoms with Crippen molar-refractivity contribution in [3.05, 3.63) is 24.2 Å². The second kappa shape index (κ2) is 3.91. The van der Waals surface area contributed by atoms with Crippen molar-refractivity contribution in [2.24, 2.45) is 0 Å². The molecule has 7 heteroatoms. The highest BCUT2D eigenvalue weighted by atomic mass is 16.5. The number of ether oxygens (including phenoxy) is 1. The van der Waals surface area contributed by atoms with Gasteiger partial charge in [0, 0.05) is 6.07 Å².